The lowest BCUT2D eigenvalue weighted by Gasteiger charge is -2.32. The standard InChI is InChI=1S/C25H29N3O3/c29-24(18-7-8-18)27-20-9-10-23(28-12-11-17-4-1-2-5-19(17)16-28)22(14-20)25(30)26-15-21-6-3-13-31-21/h1-2,4-5,9-10,14,18,21H,3,6-8,11-13,15-16H2,(H,26,30)(H,27,29). The van der Waals surface area contributed by atoms with Crippen LogP contribution in [-0.4, -0.2) is 37.6 Å². The van der Waals surface area contributed by atoms with Gasteiger partial charge in [-0.1, -0.05) is 24.3 Å². The molecule has 5 rings (SSSR count). The molecular weight excluding hydrogens is 390 g/mol. The van der Waals surface area contributed by atoms with Crippen molar-refractivity contribution >= 4 is 23.2 Å². The van der Waals surface area contributed by atoms with E-state index in [1.54, 1.807) is 0 Å². The lowest BCUT2D eigenvalue weighted by atomic mass is 9.98. The Bertz CT molecular complexity index is 980. The van der Waals surface area contributed by atoms with Crippen LogP contribution in [-0.2, 0) is 22.5 Å². The summed E-state index contributed by atoms with van der Waals surface area (Å²) < 4.78 is 5.65. The molecule has 0 aromatic heterocycles. The topological polar surface area (TPSA) is 70.7 Å². The van der Waals surface area contributed by atoms with Gasteiger partial charge >= 0.3 is 0 Å². The SMILES string of the molecule is O=C(NCC1CCCO1)c1cc(NC(=O)C2CC2)ccc1N1CCc2ccccc2C1. The number of hydrogen-bond acceptors (Lipinski definition) is 4. The Balaban J connectivity index is 1.38. The Morgan fingerprint density at radius 3 is 2.68 bits per heavy atom. The second-order valence-corrected chi connectivity index (χ2v) is 8.78. The van der Waals surface area contributed by atoms with E-state index in [2.05, 4.69) is 39.8 Å². The van der Waals surface area contributed by atoms with Gasteiger partial charge in [0.05, 0.1) is 11.7 Å². The minimum absolute atomic E-state index is 0.0466. The summed E-state index contributed by atoms with van der Waals surface area (Å²) in [6, 6.07) is 14.2. The highest BCUT2D eigenvalue weighted by Crippen LogP contribution is 2.32. The highest BCUT2D eigenvalue weighted by Gasteiger charge is 2.30. The number of amides is 2. The molecule has 1 aliphatic carbocycles. The number of fused-ring (bicyclic) bond motifs is 1. The molecule has 1 saturated heterocycles. The maximum absolute atomic E-state index is 13.2. The molecule has 1 saturated carbocycles. The van der Waals surface area contributed by atoms with Gasteiger partial charge in [0.25, 0.3) is 5.91 Å². The second-order valence-electron chi connectivity index (χ2n) is 8.78. The molecule has 0 radical (unpaired) electrons. The van der Waals surface area contributed by atoms with Crippen LogP contribution in [0.4, 0.5) is 11.4 Å². The summed E-state index contributed by atoms with van der Waals surface area (Å²) in [5, 5.41) is 6.03. The normalized spacial score (nSPS) is 20.3. The van der Waals surface area contributed by atoms with Crippen molar-refractivity contribution in [3.05, 3.63) is 59.2 Å². The molecular formula is C25H29N3O3. The van der Waals surface area contributed by atoms with E-state index in [4.69, 9.17) is 4.74 Å². The molecule has 2 aromatic carbocycles. The summed E-state index contributed by atoms with van der Waals surface area (Å²) in [6.45, 7) is 2.91. The first-order chi connectivity index (χ1) is 15.2. The molecule has 162 valence electrons. The van der Waals surface area contributed by atoms with E-state index >= 15 is 0 Å². The van der Waals surface area contributed by atoms with Gasteiger partial charge in [0.15, 0.2) is 0 Å². The monoisotopic (exact) mass is 419 g/mol. The van der Waals surface area contributed by atoms with Crippen LogP contribution in [0, 0.1) is 5.92 Å². The number of rotatable bonds is 6. The molecule has 6 heteroatoms. The zero-order valence-corrected chi connectivity index (χ0v) is 17.7. The predicted molar refractivity (Wildman–Crippen MR) is 120 cm³/mol. The molecule has 2 aromatic rings. The summed E-state index contributed by atoms with van der Waals surface area (Å²) in [5.74, 6) is 0.0484. The van der Waals surface area contributed by atoms with E-state index in [0.29, 0.717) is 17.8 Å². The maximum Gasteiger partial charge on any atom is 0.253 e. The van der Waals surface area contributed by atoms with E-state index in [9.17, 15) is 9.59 Å². The van der Waals surface area contributed by atoms with Crippen molar-refractivity contribution in [3.8, 4) is 0 Å². The van der Waals surface area contributed by atoms with Crippen LogP contribution in [0.1, 0.15) is 47.2 Å². The maximum atomic E-state index is 13.2. The molecule has 2 amide bonds. The van der Waals surface area contributed by atoms with Crippen molar-refractivity contribution in [2.75, 3.05) is 29.9 Å². The summed E-state index contributed by atoms with van der Waals surface area (Å²) in [5.41, 5.74) is 4.86. The lowest BCUT2D eigenvalue weighted by Crippen LogP contribution is -2.35. The van der Waals surface area contributed by atoms with Crippen molar-refractivity contribution in [3.63, 3.8) is 0 Å². The quantitative estimate of drug-likeness (QED) is 0.752. The Kier molecular flexibility index (Phi) is 5.64. The van der Waals surface area contributed by atoms with Crippen molar-refractivity contribution in [2.24, 2.45) is 5.92 Å². The molecule has 2 aliphatic heterocycles. The first-order valence-electron chi connectivity index (χ1n) is 11.3. The zero-order valence-electron chi connectivity index (χ0n) is 17.7. The number of hydrogen-bond donors (Lipinski definition) is 2. The third-order valence-electron chi connectivity index (χ3n) is 6.44. The van der Waals surface area contributed by atoms with Crippen molar-refractivity contribution < 1.29 is 14.3 Å². The summed E-state index contributed by atoms with van der Waals surface area (Å²) in [4.78, 5) is 27.7. The van der Waals surface area contributed by atoms with Gasteiger partial charge in [-0.2, -0.15) is 0 Å². The van der Waals surface area contributed by atoms with E-state index < -0.39 is 0 Å². The zero-order chi connectivity index (χ0) is 21.2. The average Bonchev–Trinajstić information content (AvgIpc) is 3.53. The van der Waals surface area contributed by atoms with Gasteiger partial charge in [0.2, 0.25) is 5.91 Å². The van der Waals surface area contributed by atoms with Crippen LogP contribution in [0.2, 0.25) is 0 Å². The van der Waals surface area contributed by atoms with Crippen LogP contribution in [0.15, 0.2) is 42.5 Å². The van der Waals surface area contributed by atoms with Crippen LogP contribution in [0.3, 0.4) is 0 Å². The summed E-state index contributed by atoms with van der Waals surface area (Å²) >= 11 is 0. The van der Waals surface area contributed by atoms with E-state index in [1.807, 2.05) is 18.2 Å². The molecule has 1 atom stereocenters. The molecule has 2 heterocycles. The molecule has 1 unspecified atom stereocenters. The first kappa shape index (κ1) is 20.1. The number of nitrogens with zero attached hydrogens (tertiary/aromatic N) is 1. The molecule has 0 bridgehead atoms. The van der Waals surface area contributed by atoms with Gasteiger partial charge in [-0.05, 0) is 61.4 Å². The fraction of sp³-hybridized carbons (Fsp3) is 0.440. The Morgan fingerprint density at radius 1 is 1.06 bits per heavy atom. The van der Waals surface area contributed by atoms with Crippen LogP contribution in [0.25, 0.3) is 0 Å². The molecule has 31 heavy (non-hydrogen) atoms. The molecule has 3 aliphatic rings. The van der Waals surface area contributed by atoms with E-state index in [-0.39, 0.29) is 23.8 Å². The molecule has 0 spiro atoms. The fourth-order valence-corrected chi connectivity index (χ4v) is 4.47. The smallest absolute Gasteiger partial charge is 0.253 e. The summed E-state index contributed by atoms with van der Waals surface area (Å²) in [7, 11) is 0. The Morgan fingerprint density at radius 2 is 1.90 bits per heavy atom. The van der Waals surface area contributed by atoms with Gasteiger partial charge in [-0.25, -0.2) is 0 Å². The second kappa shape index (κ2) is 8.71. The Labute approximate surface area is 183 Å². The van der Waals surface area contributed by atoms with Gasteiger partial charge in [0.1, 0.15) is 0 Å². The van der Waals surface area contributed by atoms with Crippen LogP contribution >= 0.6 is 0 Å². The largest absolute Gasteiger partial charge is 0.376 e. The van der Waals surface area contributed by atoms with Gasteiger partial charge in [0, 0.05) is 43.5 Å². The fourth-order valence-electron chi connectivity index (χ4n) is 4.47. The van der Waals surface area contributed by atoms with Crippen molar-refractivity contribution in [2.45, 2.75) is 44.8 Å². The van der Waals surface area contributed by atoms with E-state index in [0.717, 1.165) is 57.5 Å². The van der Waals surface area contributed by atoms with Crippen molar-refractivity contribution in [1.29, 1.82) is 0 Å². The number of nitrogens with one attached hydrogen (secondary N) is 2. The lowest BCUT2D eigenvalue weighted by molar-refractivity contribution is -0.117. The number of benzene rings is 2. The Hall–Kier alpha value is -2.86. The van der Waals surface area contributed by atoms with Gasteiger partial charge in [-0.15, -0.1) is 0 Å². The predicted octanol–water partition coefficient (Wildman–Crippen LogP) is 3.51. The molecule has 6 nitrogen and oxygen atoms in total. The summed E-state index contributed by atoms with van der Waals surface area (Å²) in [6.07, 6.45) is 4.97. The van der Waals surface area contributed by atoms with E-state index in [1.165, 1.54) is 11.1 Å². The van der Waals surface area contributed by atoms with Crippen LogP contribution in [0.5, 0.6) is 0 Å². The number of carbonyl (C=O) groups is 2. The molecule has 2 N–H and O–H groups in total. The number of anilines is 2. The van der Waals surface area contributed by atoms with Crippen molar-refractivity contribution in [1.82, 2.24) is 5.32 Å². The van der Waals surface area contributed by atoms with Gasteiger partial charge < -0.3 is 20.3 Å². The first-order valence-corrected chi connectivity index (χ1v) is 11.3. The third-order valence-corrected chi connectivity index (χ3v) is 6.44. The highest BCUT2D eigenvalue weighted by molar-refractivity contribution is 6.02. The minimum Gasteiger partial charge on any atom is -0.376 e. The van der Waals surface area contributed by atoms with Crippen LogP contribution < -0.4 is 15.5 Å². The average molecular weight is 420 g/mol. The highest BCUT2D eigenvalue weighted by atomic mass is 16.5. The number of carbonyl (C=O) groups excluding carboxylic acids is 2. The molecule has 2 fully saturated rings. The third kappa shape index (κ3) is 4.59. The minimum atomic E-state index is -0.119. The van der Waals surface area contributed by atoms with Gasteiger partial charge in [-0.3, -0.25) is 9.59 Å². The number of ether oxygens (including phenoxy) is 1.